The van der Waals surface area contributed by atoms with Crippen LogP contribution in [0.5, 0.6) is 0 Å². The Labute approximate surface area is 92.4 Å². The highest BCUT2D eigenvalue weighted by Crippen LogP contribution is 2.29. The van der Waals surface area contributed by atoms with E-state index in [4.69, 9.17) is 0 Å². The highest BCUT2D eigenvalue weighted by molar-refractivity contribution is 5.71. The zero-order chi connectivity index (χ0) is 11.9. The molecule has 0 aromatic carbocycles. The highest BCUT2D eigenvalue weighted by atomic mass is 16.2. The minimum atomic E-state index is -0.395. The third-order valence-corrected chi connectivity index (χ3v) is 2.68. The summed E-state index contributed by atoms with van der Waals surface area (Å²) in [5.41, 5.74) is -0.204. The molecular formula is C10H14N4O2. The smallest absolute Gasteiger partial charge is 0.329 e. The summed E-state index contributed by atoms with van der Waals surface area (Å²) in [6, 6.07) is 0. The molecule has 0 radical (unpaired) electrons. The van der Waals surface area contributed by atoms with Crippen LogP contribution in [0.25, 0.3) is 0 Å². The van der Waals surface area contributed by atoms with Crippen molar-refractivity contribution in [3.05, 3.63) is 33.5 Å². The molecule has 6 heteroatoms. The topological polar surface area (TPSA) is 61.3 Å². The molecule has 0 bridgehead atoms. The number of fused-ring (bicyclic) bond motifs is 1. The monoisotopic (exact) mass is 222 g/mol. The van der Waals surface area contributed by atoms with E-state index >= 15 is 0 Å². The van der Waals surface area contributed by atoms with Gasteiger partial charge < -0.3 is 9.80 Å². The summed E-state index contributed by atoms with van der Waals surface area (Å²) in [5, 5.41) is 0. The molecule has 0 amide bonds. The predicted molar refractivity (Wildman–Crippen MR) is 63.1 cm³/mol. The Hall–Kier alpha value is -1.98. The highest BCUT2D eigenvalue weighted by Gasteiger charge is 2.28. The van der Waals surface area contributed by atoms with Gasteiger partial charge in [-0.3, -0.25) is 14.3 Å². The van der Waals surface area contributed by atoms with Gasteiger partial charge in [0.2, 0.25) is 0 Å². The van der Waals surface area contributed by atoms with Gasteiger partial charge in [0.1, 0.15) is 11.5 Å². The van der Waals surface area contributed by atoms with E-state index in [0.717, 1.165) is 0 Å². The molecule has 2 heterocycles. The van der Waals surface area contributed by atoms with Gasteiger partial charge >= 0.3 is 5.69 Å². The molecule has 0 saturated heterocycles. The average molecular weight is 222 g/mol. The van der Waals surface area contributed by atoms with Crippen molar-refractivity contribution >= 4 is 11.5 Å². The Morgan fingerprint density at radius 1 is 1.44 bits per heavy atom. The first-order valence-electron chi connectivity index (χ1n) is 4.96. The average Bonchev–Trinajstić information content (AvgIpc) is 2.53. The molecule has 1 aromatic rings. The molecule has 2 rings (SSSR count). The van der Waals surface area contributed by atoms with Crippen LogP contribution in [0.2, 0.25) is 0 Å². The van der Waals surface area contributed by atoms with Crippen molar-refractivity contribution < 1.29 is 0 Å². The predicted octanol–water partition coefficient (Wildman–Crippen LogP) is -0.527. The number of nitrogens with one attached hydrogen (secondary N) is 1. The maximum atomic E-state index is 11.7. The van der Waals surface area contributed by atoms with Crippen molar-refractivity contribution in [3.63, 3.8) is 0 Å². The van der Waals surface area contributed by atoms with E-state index in [1.165, 1.54) is 4.57 Å². The maximum Gasteiger partial charge on any atom is 0.329 e. The largest absolute Gasteiger partial charge is 0.349 e. The molecule has 0 saturated carbocycles. The third-order valence-electron chi connectivity index (χ3n) is 2.68. The summed E-state index contributed by atoms with van der Waals surface area (Å²) in [6.07, 6.45) is 1.74. The van der Waals surface area contributed by atoms with Gasteiger partial charge in [0.05, 0.1) is 6.67 Å². The van der Waals surface area contributed by atoms with Crippen molar-refractivity contribution in [2.45, 2.75) is 0 Å². The van der Waals surface area contributed by atoms with Gasteiger partial charge in [-0.05, 0) is 0 Å². The van der Waals surface area contributed by atoms with Crippen LogP contribution >= 0.6 is 0 Å². The zero-order valence-corrected chi connectivity index (χ0v) is 9.36. The van der Waals surface area contributed by atoms with Gasteiger partial charge in [-0.15, -0.1) is 6.58 Å². The first-order chi connectivity index (χ1) is 7.56. The van der Waals surface area contributed by atoms with Gasteiger partial charge in [-0.2, -0.15) is 0 Å². The third kappa shape index (κ3) is 1.34. The summed E-state index contributed by atoms with van der Waals surface area (Å²) in [6.45, 7) is 4.85. The minimum absolute atomic E-state index is 0.341. The van der Waals surface area contributed by atoms with E-state index in [1.807, 2.05) is 16.8 Å². The second-order valence-corrected chi connectivity index (χ2v) is 3.84. The lowest BCUT2D eigenvalue weighted by Crippen LogP contribution is -2.32. The Bertz CT molecular complexity index is 543. The summed E-state index contributed by atoms with van der Waals surface area (Å²) >= 11 is 0. The van der Waals surface area contributed by atoms with Crippen LogP contribution in [0.4, 0.5) is 11.5 Å². The molecule has 1 aliphatic rings. The Morgan fingerprint density at radius 2 is 2.12 bits per heavy atom. The van der Waals surface area contributed by atoms with Gasteiger partial charge in [0, 0.05) is 20.6 Å². The van der Waals surface area contributed by atoms with Gasteiger partial charge in [-0.25, -0.2) is 4.79 Å². The quantitative estimate of drug-likeness (QED) is 0.684. The fourth-order valence-corrected chi connectivity index (χ4v) is 2.00. The summed E-state index contributed by atoms with van der Waals surface area (Å²) in [7, 11) is 3.47. The standard InChI is InChI=1S/C10H14N4O2/c1-4-5-14-6-12(2)7-8(15)11-10(16)13(3)9(7)14/h4H,1,5-6H2,2-3H3,(H,11,15,16). The molecular weight excluding hydrogens is 208 g/mol. The SMILES string of the molecule is C=CCN1CN(C)c2c1n(C)c(=O)[nH]c2=O. The van der Waals surface area contributed by atoms with Crippen molar-refractivity contribution in [2.24, 2.45) is 7.05 Å². The molecule has 0 atom stereocenters. The van der Waals surface area contributed by atoms with Gasteiger partial charge in [0.25, 0.3) is 5.56 Å². The van der Waals surface area contributed by atoms with Crippen LogP contribution in [0, 0.1) is 0 Å². The molecule has 0 unspecified atom stereocenters. The first-order valence-corrected chi connectivity index (χ1v) is 4.96. The summed E-state index contributed by atoms with van der Waals surface area (Å²) in [5.74, 6) is 0.649. The Balaban J connectivity index is 2.70. The molecule has 1 aromatic heterocycles. The van der Waals surface area contributed by atoms with Crippen molar-refractivity contribution in [2.75, 3.05) is 30.1 Å². The normalized spacial score (nSPS) is 14.1. The van der Waals surface area contributed by atoms with E-state index in [9.17, 15) is 9.59 Å². The summed E-state index contributed by atoms with van der Waals surface area (Å²) < 4.78 is 1.45. The van der Waals surface area contributed by atoms with Gasteiger partial charge in [-0.1, -0.05) is 6.08 Å². The van der Waals surface area contributed by atoms with Crippen LogP contribution in [0.15, 0.2) is 22.2 Å². The number of nitrogens with zero attached hydrogens (tertiary/aromatic N) is 3. The van der Waals surface area contributed by atoms with Crippen molar-refractivity contribution in [1.82, 2.24) is 9.55 Å². The van der Waals surface area contributed by atoms with Crippen LogP contribution in [0.3, 0.4) is 0 Å². The second kappa shape index (κ2) is 3.55. The van der Waals surface area contributed by atoms with E-state index in [0.29, 0.717) is 24.7 Å². The fourth-order valence-electron chi connectivity index (χ4n) is 2.00. The van der Waals surface area contributed by atoms with E-state index in [1.54, 1.807) is 13.1 Å². The first kappa shape index (κ1) is 10.5. The zero-order valence-electron chi connectivity index (χ0n) is 9.36. The number of hydrogen-bond acceptors (Lipinski definition) is 4. The molecule has 1 aliphatic heterocycles. The molecule has 86 valence electrons. The molecule has 6 nitrogen and oxygen atoms in total. The van der Waals surface area contributed by atoms with Crippen molar-refractivity contribution in [1.29, 1.82) is 0 Å². The molecule has 16 heavy (non-hydrogen) atoms. The van der Waals surface area contributed by atoms with E-state index in [2.05, 4.69) is 11.6 Å². The molecule has 0 aliphatic carbocycles. The van der Waals surface area contributed by atoms with Crippen LogP contribution < -0.4 is 21.0 Å². The minimum Gasteiger partial charge on any atom is -0.349 e. The lowest BCUT2D eigenvalue weighted by Gasteiger charge is -2.17. The number of H-pyrrole nitrogens is 1. The number of anilines is 2. The molecule has 0 fully saturated rings. The van der Waals surface area contributed by atoms with Gasteiger partial charge in [0.15, 0.2) is 0 Å². The Kier molecular flexibility index (Phi) is 2.34. The second-order valence-electron chi connectivity index (χ2n) is 3.84. The van der Waals surface area contributed by atoms with Crippen LogP contribution in [-0.4, -0.2) is 29.8 Å². The molecule has 1 N–H and O–H groups in total. The van der Waals surface area contributed by atoms with E-state index < -0.39 is 5.69 Å². The number of hydrogen-bond donors (Lipinski definition) is 1. The number of rotatable bonds is 2. The van der Waals surface area contributed by atoms with Crippen molar-refractivity contribution in [3.8, 4) is 0 Å². The lowest BCUT2D eigenvalue weighted by atomic mass is 10.4. The van der Waals surface area contributed by atoms with Crippen LogP contribution in [0.1, 0.15) is 0 Å². The number of aromatic amines is 1. The van der Waals surface area contributed by atoms with E-state index in [-0.39, 0.29) is 5.56 Å². The lowest BCUT2D eigenvalue weighted by molar-refractivity contribution is 0.775. The maximum absolute atomic E-state index is 11.7. The summed E-state index contributed by atoms with van der Waals surface area (Å²) in [4.78, 5) is 29.2. The number of aromatic nitrogens is 2. The Morgan fingerprint density at radius 3 is 2.75 bits per heavy atom. The van der Waals surface area contributed by atoms with Crippen LogP contribution in [-0.2, 0) is 7.05 Å². The molecule has 0 spiro atoms. The fraction of sp³-hybridized carbons (Fsp3) is 0.400.